The van der Waals surface area contributed by atoms with Crippen LogP contribution in [0.4, 0.5) is 0 Å². The van der Waals surface area contributed by atoms with Crippen molar-refractivity contribution in [2.75, 3.05) is 34.0 Å². The zero-order chi connectivity index (χ0) is 12.5. The van der Waals surface area contributed by atoms with Crippen LogP contribution in [0.15, 0.2) is 18.5 Å². The van der Waals surface area contributed by atoms with Crippen LogP contribution in [-0.2, 0) is 9.47 Å². The minimum absolute atomic E-state index is 0.296. The highest BCUT2D eigenvalue weighted by atomic mass is 16.5. The molecule has 1 unspecified atom stereocenters. The predicted octanol–water partition coefficient (Wildman–Crippen LogP) is 1.70. The number of aromatic nitrogens is 1. The summed E-state index contributed by atoms with van der Waals surface area (Å²) in [7, 11) is 3.64. The molecule has 0 aliphatic carbocycles. The summed E-state index contributed by atoms with van der Waals surface area (Å²) < 4.78 is 10.4. The summed E-state index contributed by atoms with van der Waals surface area (Å²) in [4.78, 5) is 4.21. The first kappa shape index (κ1) is 14.1. The van der Waals surface area contributed by atoms with Crippen molar-refractivity contribution >= 4 is 0 Å². The van der Waals surface area contributed by atoms with Crippen molar-refractivity contribution in [2.24, 2.45) is 0 Å². The minimum Gasteiger partial charge on any atom is -0.382 e. The first-order valence-corrected chi connectivity index (χ1v) is 5.93. The number of rotatable bonds is 8. The normalized spacial score (nSPS) is 12.6. The van der Waals surface area contributed by atoms with E-state index in [1.54, 1.807) is 7.11 Å². The van der Waals surface area contributed by atoms with Crippen molar-refractivity contribution in [1.29, 1.82) is 0 Å². The van der Waals surface area contributed by atoms with E-state index in [0.29, 0.717) is 19.3 Å². The summed E-state index contributed by atoms with van der Waals surface area (Å²) in [6.07, 6.45) is 4.71. The fraction of sp³-hybridized carbons (Fsp3) is 0.615. The van der Waals surface area contributed by atoms with E-state index in [2.05, 4.69) is 23.3 Å². The molecule has 0 amide bonds. The fourth-order valence-corrected chi connectivity index (χ4v) is 1.69. The Balaban J connectivity index is 2.38. The number of hydrogen-bond acceptors (Lipinski definition) is 4. The van der Waals surface area contributed by atoms with Crippen molar-refractivity contribution in [3.05, 3.63) is 29.6 Å². The second-order valence-electron chi connectivity index (χ2n) is 4.03. The number of aryl methyl sites for hydroxylation is 1. The minimum atomic E-state index is 0.296. The van der Waals surface area contributed by atoms with E-state index in [9.17, 15) is 0 Å². The van der Waals surface area contributed by atoms with Gasteiger partial charge in [0.05, 0.1) is 13.2 Å². The summed E-state index contributed by atoms with van der Waals surface area (Å²) in [5.41, 5.74) is 2.39. The predicted molar refractivity (Wildman–Crippen MR) is 68.1 cm³/mol. The second kappa shape index (κ2) is 8.17. The van der Waals surface area contributed by atoms with Crippen LogP contribution in [0.5, 0.6) is 0 Å². The van der Waals surface area contributed by atoms with Gasteiger partial charge in [0.25, 0.3) is 0 Å². The van der Waals surface area contributed by atoms with Gasteiger partial charge in [-0.15, -0.1) is 0 Å². The molecule has 0 aliphatic heterocycles. The first-order valence-electron chi connectivity index (χ1n) is 5.93. The Hall–Kier alpha value is -0.970. The maximum Gasteiger partial charge on any atom is 0.0700 e. The Morgan fingerprint density at radius 3 is 2.76 bits per heavy atom. The highest BCUT2D eigenvalue weighted by molar-refractivity contribution is 5.19. The van der Waals surface area contributed by atoms with Crippen molar-refractivity contribution < 1.29 is 9.47 Å². The third kappa shape index (κ3) is 5.26. The summed E-state index contributed by atoms with van der Waals surface area (Å²) in [6, 6.07) is 2.45. The van der Waals surface area contributed by atoms with E-state index in [1.165, 1.54) is 11.1 Å². The SMILES string of the molecule is CNC(CCOCCOC)c1cncc(C)c1. The Labute approximate surface area is 103 Å². The van der Waals surface area contributed by atoms with Gasteiger partial charge < -0.3 is 14.8 Å². The van der Waals surface area contributed by atoms with Gasteiger partial charge in [0.2, 0.25) is 0 Å². The van der Waals surface area contributed by atoms with Gasteiger partial charge in [-0.1, -0.05) is 6.07 Å². The largest absolute Gasteiger partial charge is 0.382 e. The van der Waals surface area contributed by atoms with E-state index >= 15 is 0 Å². The molecule has 0 saturated heterocycles. The lowest BCUT2D eigenvalue weighted by Crippen LogP contribution is -2.19. The highest BCUT2D eigenvalue weighted by Gasteiger charge is 2.09. The highest BCUT2D eigenvalue weighted by Crippen LogP contribution is 2.16. The molecule has 17 heavy (non-hydrogen) atoms. The topological polar surface area (TPSA) is 43.4 Å². The lowest BCUT2D eigenvalue weighted by atomic mass is 10.1. The van der Waals surface area contributed by atoms with Crippen LogP contribution < -0.4 is 5.32 Å². The molecule has 0 bridgehead atoms. The molecule has 0 radical (unpaired) electrons. The lowest BCUT2D eigenvalue weighted by Gasteiger charge is -2.16. The lowest BCUT2D eigenvalue weighted by molar-refractivity contribution is 0.0660. The van der Waals surface area contributed by atoms with Gasteiger partial charge in [0.1, 0.15) is 0 Å². The molecule has 1 atom stereocenters. The van der Waals surface area contributed by atoms with Crippen LogP contribution in [-0.4, -0.2) is 39.0 Å². The molecule has 96 valence electrons. The summed E-state index contributed by atoms with van der Waals surface area (Å²) in [5.74, 6) is 0. The zero-order valence-electron chi connectivity index (χ0n) is 10.9. The Bertz CT molecular complexity index is 318. The number of pyridine rings is 1. The summed E-state index contributed by atoms with van der Waals surface area (Å²) in [6.45, 7) is 4.08. The average molecular weight is 238 g/mol. The molecule has 0 aliphatic rings. The quantitative estimate of drug-likeness (QED) is 0.700. The van der Waals surface area contributed by atoms with E-state index in [4.69, 9.17) is 9.47 Å². The molecular weight excluding hydrogens is 216 g/mol. The van der Waals surface area contributed by atoms with Crippen LogP contribution >= 0.6 is 0 Å². The Kier molecular flexibility index (Phi) is 6.77. The van der Waals surface area contributed by atoms with Crippen molar-refractivity contribution in [1.82, 2.24) is 10.3 Å². The van der Waals surface area contributed by atoms with Gasteiger partial charge in [0, 0.05) is 32.2 Å². The molecule has 1 N–H and O–H groups in total. The van der Waals surface area contributed by atoms with E-state index in [-0.39, 0.29) is 0 Å². The van der Waals surface area contributed by atoms with Gasteiger partial charge in [0.15, 0.2) is 0 Å². The summed E-state index contributed by atoms with van der Waals surface area (Å²) in [5, 5.41) is 3.29. The summed E-state index contributed by atoms with van der Waals surface area (Å²) >= 11 is 0. The molecule has 0 fully saturated rings. The fourth-order valence-electron chi connectivity index (χ4n) is 1.69. The van der Waals surface area contributed by atoms with E-state index in [0.717, 1.165) is 13.0 Å². The maximum atomic E-state index is 5.47. The van der Waals surface area contributed by atoms with Crippen LogP contribution in [0, 0.1) is 6.92 Å². The first-order chi connectivity index (χ1) is 8.27. The Morgan fingerprint density at radius 1 is 1.29 bits per heavy atom. The third-order valence-corrected chi connectivity index (χ3v) is 2.63. The number of nitrogens with one attached hydrogen (secondary N) is 1. The van der Waals surface area contributed by atoms with Gasteiger partial charge in [-0.2, -0.15) is 0 Å². The monoisotopic (exact) mass is 238 g/mol. The van der Waals surface area contributed by atoms with Gasteiger partial charge in [-0.3, -0.25) is 4.98 Å². The smallest absolute Gasteiger partial charge is 0.0700 e. The van der Waals surface area contributed by atoms with Gasteiger partial charge in [-0.25, -0.2) is 0 Å². The van der Waals surface area contributed by atoms with E-state index < -0.39 is 0 Å². The molecule has 0 aromatic carbocycles. The third-order valence-electron chi connectivity index (χ3n) is 2.63. The number of nitrogens with zero attached hydrogens (tertiary/aromatic N) is 1. The van der Waals surface area contributed by atoms with Crippen LogP contribution in [0.25, 0.3) is 0 Å². The van der Waals surface area contributed by atoms with Crippen LogP contribution in [0.3, 0.4) is 0 Å². The van der Waals surface area contributed by atoms with Crippen LogP contribution in [0.1, 0.15) is 23.6 Å². The Morgan fingerprint density at radius 2 is 2.12 bits per heavy atom. The second-order valence-corrected chi connectivity index (χ2v) is 4.03. The van der Waals surface area contributed by atoms with Crippen LogP contribution in [0.2, 0.25) is 0 Å². The van der Waals surface area contributed by atoms with Crippen molar-refractivity contribution in [3.8, 4) is 0 Å². The maximum absolute atomic E-state index is 5.47. The molecule has 0 saturated carbocycles. The molecule has 1 aromatic heterocycles. The van der Waals surface area contributed by atoms with Crippen molar-refractivity contribution in [2.45, 2.75) is 19.4 Å². The molecular formula is C13H22N2O2. The zero-order valence-corrected chi connectivity index (χ0v) is 10.9. The number of ether oxygens (including phenoxy) is 2. The molecule has 1 rings (SSSR count). The number of hydrogen-bond donors (Lipinski definition) is 1. The average Bonchev–Trinajstić information content (AvgIpc) is 2.34. The number of methoxy groups -OCH3 is 1. The molecule has 1 heterocycles. The molecule has 1 aromatic rings. The van der Waals surface area contributed by atoms with Gasteiger partial charge in [-0.05, 0) is 31.5 Å². The molecule has 0 spiro atoms. The van der Waals surface area contributed by atoms with Gasteiger partial charge >= 0.3 is 0 Å². The molecule has 4 heteroatoms. The molecule has 4 nitrogen and oxygen atoms in total. The van der Waals surface area contributed by atoms with E-state index in [1.807, 2.05) is 19.4 Å². The standard InChI is InChI=1S/C13H22N2O2/c1-11-8-12(10-15-9-11)13(14-2)4-5-17-7-6-16-3/h8-10,13-14H,4-7H2,1-3H3. The van der Waals surface area contributed by atoms with Crippen molar-refractivity contribution in [3.63, 3.8) is 0 Å².